The van der Waals surface area contributed by atoms with Crippen LogP contribution in [0.3, 0.4) is 0 Å². The molecule has 0 aliphatic heterocycles. The lowest BCUT2D eigenvalue weighted by Gasteiger charge is -2.15. The van der Waals surface area contributed by atoms with E-state index < -0.39 is 0 Å². The summed E-state index contributed by atoms with van der Waals surface area (Å²) >= 11 is 1.53. The number of nitrogens with zero attached hydrogens (tertiary/aromatic N) is 3. The summed E-state index contributed by atoms with van der Waals surface area (Å²) < 4.78 is 12.3. The molecule has 1 aliphatic rings. The number of aryl methyl sites for hydroxylation is 1. The molecule has 10 heteroatoms. The first-order chi connectivity index (χ1) is 16.6. The fourth-order valence-electron chi connectivity index (χ4n) is 3.89. The van der Waals surface area contributed by atoms with Gasteiger partial charge in [-0.3, -0.25) is 14.6 Å². The molecule has 3 heterocycles. The van der Waals surface area contributed by atoms with Crippen LogP contribution in [0, 0.1) is 0 Å². The van der Waals surface area contributed by atoms with Gasteiger partial charge < -0.3 is 14.8 Å². The molecule has 2 N–H and O–H groups in total. The van der Waals surface area contributed by atoms with Crippen LogP contribution in [0.2, 0.25) is 0 Å². The van der Waals surface area contributed by atoms with Crippen molar-refractivity contribution >= 4 is 23.1 Å². The number of benzene rings is 1. The molecule has 4 aromatic rings. The molecule has 0 radical (unpaired) electrons. The number of thiophene rings is 1. The maximum Gasteiger partial charge on any atom is 0.263 e. The van der Waals surface area contributed by atoms with Crippen molar-refractivity contribution in [1.82, 2.24) is 19.7 Å². The van der Waals surface area contributed by atoms with Crippen LogP contribution in [0.15, 0.2) is 52.6 Å². The van der Waals surface area contributed by atoms with E-state index in [-0.39, 0.29) is 24.0 Å². The molecule has 0 saturated heterocycles. The Morgan fingerprint density at radius 2 is 2.03 bits per heavy atom. The van der Waals surface area contributed by atoms with Gasteiger partial charge in [0.2, 0.25) is 5.95 Å². The average molecular weight is 478 g/mol. The van der Waals surface area contributed by atoms with Crippen molar-refractivity contribution in [3.63, 3.8) is 0 Å². The molecule has 1 aliphatic carbocycles. The SMILES string of the molecule is COc1cccc(OCC(=O)Nc2cc(-c3cccs3)nn2-c2nc3c(c(=O)[nH]2)CCCC3)c1. The van der Waals surface area contributed by atoms with E-state index in [4.69, 9.17) is 9.47 Å². The number of amides is 1. The highest BCUT2D eigenvalue weighted by Crippen LogP contribution is 2.28. The number of aromatic nitrogens is 4. The van der Waals surface area contributed by atoms with Crippen LogP contribution < -0.4 is 20.3 Å². The second-order valence-corrected chi connectivity index (χ2v) is 8.79. The van der Waals surface area contributed by atoms with Crippen LogP contribution in [0.25, 0.3) is 16.5 Å². The van der Waals surface area contributed by atoms with Crippen LogP contribution in [0.4, 0.5) is 5.82 Å². The van der Waals surface area contributed by atoms with Crippen molar-refractivity contribution in [3.05, 3.63) is 69.5 Å². The predicted octanol–water partition coefficient (Wildman–Crippen LogP) is 3.59. The molecule has 34 heavy (non-hydrogen) atoms. The van der Waals surface area contributed by atoms with Crippen LogP contribution in [-0.2, 0) is 17.6 Å². The van der Waals surface area contributed by atoms with Gasteiger partial charge in [0.05, 0.1) is 17.7 Å². The summed E-state index contributed by atoms with van der Waals surface area (Å²) in [5, 5.41) is 9.42. The molecule has 1 aromatic carbocycles. The number of aromatic amines is 1. The van der Waals surface area contributed by atoms with Crippen LogP contribution in [0.5, 0.6) is 11.5 Å². The number of rotatable bonds is 7. The van der Waals surface area contributed by atoms with E-state index in [9.17, 15) is 9.59 Å². The number of fused-ring (bicyclic) bond motifs is 1. The first-order valence-electron chi connectivity index (χ1n) is 10.9. The van der Waals surface area contributed by atoms with Gasteiger partial charge in [0.15, 0.2) is 6.61 Å². The van der Waals surface area contributed by atoms with Gasteiger partial charge in [0.1, 0.15) is 23.0 Å². The van der Waals surface area contributed by atoms with Crippen LogP contribution >= 0.6 is 11.3 Å². The molecule has 0 saturated carbocycles. The average Bonchev–Trinajstić information content (AvgIpc) is 3.53. The lowest BCUT2D eigenvalue weighted by Crippen LogP contribution is -2.26. The normalized spacial score (nSPS) is 12.7. The number of methoxy groups -OCH3 is 1. The number of hydrogen-bond donors (Lipinski definition) is 2. The third kappa shape index (κ3) is 4.58. The van der Waals surface area contributed by atoms with Gasteiger partial charge >= 0.3 is 0 Å². The minimum atomic E-state index is -0.373. The van der Waals surface area contributed by atoms with E-state index in [0.29, 0.717) is 23.0 Å². The third-order valence-corrected chi connectivity index (χ3v) is 6.43. The maximum absolute atomic E-state index is 12.7. The Labute approximate surface area is 199 Å². The number of ether oxygens (including phenoxy) is 2. The quantitative estimate of drug-likeness (QED) is 0.421. The van der Waals surface area contributed by atoms with E-state index in [2.05, 4.69) is 20.4 Å². The van der Waals surface area contributed by atoms with Crippen molar-refractivity contribution in [2.75, 3.05) is 19.0 Å². The Bertz CT molecular complexity index is 1380. The molecular weight excluding hydrogens is 454 g/mol. The molecule has 0 unspecified atom stereocenters. The third-order valence-electron chi connectivity index (χ3n) is 5.54. The minimum absolute atomic E-state index is 0.161. The summed E-state index contributed by atoms with van der Waals surface area (Å²) in [6.45, 7) is -0.208. The lowest BCUT2D eigenvalue weighted by molar-refractivity contribution is -0.118. The summed E-state index contributed by atoms with van der Waals surface area (Å²) in [5.41, 5.74) is 2.03. The Morgan fingerprint density at radius 1 is 1.18 bits per heavy atom. The van der Waals surface area contributed by atoms with Gasteiger partial charge in [-0.05, 0) is 49.3 Å². The van der Waals surface area contributed by atoms with Crippen molar-refractivity contribution in [1.29, 1.82) is 0 Å². The van der Waals surface area contributed by atoms with Crippen molar-refractivity contribution < 1.29 is 14.3 Å². The Morgan fingerprint density at radius 3 is 2.85 bits per heavy atom. The van der Waals surface area contributed by atoms with Gasteiger partial charge in [0.25, 0.3) is 11.5 Å². The molecule has 3 aromatic heterocycles. The molecule has 0 bridgehead atoms. The number of carbonyl (C=O) groups is 1. The van der Waals surface area contributed by atoms with Gasteiger partial charge in [-0.2, -0.15) is 9.78 Å². The number of nitrogens with one attached hydrogen (secondary N) is 2. The molecule has 0 spiro atoms. The van der Waals surface area contributed by atoms with E-state index >= 15 is 0 Å². The van der Waals surface area contributed by atoms with E-state index in [1.807, 2.05) is 17.5 Å². The highest BCUT2D eigenvalue weighted by atomic mass is 32.1. The second-order valence-electron chi connectivity index (χ2n) is 7.84. The molecule has 5 rings (SSSR count). The monoisotopic (exact) mass is 477 g/mol. The van der Waals surface area contributed by atoms with E-state index in [0.717, 1.165) is 41.8 Å². The largest absolute Gasteiger partial charge is 0.497 e. The van der Waals surface area contributed by atoms with Crippen molar-refractivity contribution in [3.8, 4) is 28.0 Å². The highest BCUT2D eigenvalue weighted by molar-refractivity contribution is 7.13. The standard InChI is InChI=1S/C24H23N5O4S/c1-32-15-6-4-7-16(12-15)33-14-22(30)26-21-13-19(20-10-5-11-34-20)28-29(21)24-25-18-9-3-2-8-17(18)23(31)27-24/h4-7,10-13H,2-3,8-9,14H2,1H3,(H,26,30)(H,25,27,31). The van der Waals surface area contributed by atoms with Gasteiger partial charge in [-0.25, -0.2) is 4.98 Å². The molecule has 0 fully saturated rings. The number of anilines is 1. The fraction of sp³-hybridized carbons (Fsp3) is 0.250. The topological polar surface area (TPSA) is 111 Å². The molecule has 174 valence electrons. The zero-order valence-electron chi connectivity index (χ0n) is 18.5. The lowest BCUT2D eigenvalue weighted by atomic mass is 9.97. The van der Waals surface area contributed by atoms with Crippen molar-refractivity contribution in [2.45, 2.75) is 25.7 Å². The van der Waals surface area contributed by atoms with Crippen molar-refractivity contribution in [2.24, 2.45) is 0 Å². The Kier molecular flexibility index (Phi) is 6.13. The first kappa shape index (κ1) is 21.9. The van der Waals surface area contributed by atoms with Crippen LogP contribution in [0.1, 0.15) is 24.1 Å². The zero-order chi connectivity index (χ0) is 23.5. The fourth-order valence-corrected chi connectivity index (χ4v) is 4.57. The number of H-pyrrole nitrogens is 1. The van der Waals surface area contributed by atoms with E-state index in [1.165, 1.54) is 16.0 Å². The maximum atomic E-state index is 12.7. The van der Waals surface area contributed by atoms with E-state index in [1.54, 1.807) is 37.4 Å². The second kappa shape index (κ2) is 9.52. The predicted molar refractivity (Wildman–Crippen MR) is 129 cm³/mol. The van der Waals surface area contributed by atoms with Gasteiger partial charge in [0, 0.05) is 17.7 Å². The first-order valence-corrected chi connectivity index (χ1v) is 11.8. The minimum Gasteiger partial charge on any atom is -0.497 e. The smallest absolute Gasteiger partial charge is 0.263 e. The zero-order valence-corrected chi connectivity index (χ0v) is 19.4. The van der Waals surface area contributed by atoms with Crippen LogP contribution in [-0.4, -0.2) is 39.4 Å². The number of carbonyl (C=O) groups excluding carboxylic acids is 1. The molecule has 9 nitrogen and oxygen atoms in total. The molecular formula is C24H23N5O4S. The van der Waals surface area contributed by atoms with Gasteiger partial charge in [-0.1, -0.05) is 12.1 Å². The number of hydrogen-bond acceptors (Lipinski definition) is 7. The summed E-state index contributed by atoms with van der Waals surface area (Å²) in [5.74, 6) is 1.45. The summed E-state index contributed by atoms with van der Waals surface area (Å²) in [4.78, 5) is 33.8. The molecule has 1 amide bonds. The Balaban J connectivity index is 1.43. The summed E-state index contributed by atoms with van der Waals surface area (Å²) in [7, 11) is 1.57. The summed E-state index contributed by atoms with van der Waals surface area (Å²) in [6.07, 6.45) is 3.45. The molecule has 0 atom stereocenters. The van der Waals surface area contributed by atoms with Gasteiger partial charge in [-0.15, -0.1) is 11.3 Å². The Hall–Kier alpha value is -3.92. The summed E-state index contributed by atoms with van der Waals surface area (Å²) in [6, 6.07) is 12.7. The highest BCUT2D eigenvalue weighted by Gasteiger charge is 2.20.